The van der Waals surface area contributed by atoms with Crippen LogP contribution in [0.5, 0.6) is 0 Å². The van der Waals surface area contributed by atoms with Gasteiger partial charge in [0.25, 0.3) is 0 Å². The molecular formula is C19H17NO2S. The number of aromatic nitrogens is 1. The topological polar surface area (TPSA) is 39.1 Å². The van der Waals surface area contributed by atoms with Gasteiger partial charge in [0, 0.05) is 11.3 Å². The Morgan fingerprint density at radius 1 is 0.870 bits per heavy atom. The van der Waals surface area contributed by atoms with Gasteiger partial charge in [-0.2, -0.15) is 0 Å². The van der Waals surface area contributed by atoms with Crippen LogP contribution in [0.2, 0.25) is 0 Å². The van der Waals surface area contributed by atoms with Gasteiger partial charge < -0.3 is 0 Å². The van der Waals surface area contributed by atoms with E-state index in [9.17, 15) is 8.42 Å². The SMILES string of the molecule is CS(=O)(=O)n1c(-c2ccccc2)cc2c1CCc1ccccc1-2. The van der Waals surface area contributed by atoms with Gasteiger partial charge in [-0.3, -0.25) is 0 Å². The molecule has 0 saturated heterocycles. The molecule has 0 spiro atoms. The number of nitrogens with zero attached hydrogens (tertiary/aromatic N) is 1. The molecule has 0 bridgehead atoms. The zero-order valence-corrected chi connectivity index (χ0v) is 13.7. The Labute approximate surface area is 136 Å². The number of aryl methyl sites for hydroxylation is 1. The smallest absolute Gasteiger partial charge is 0.236 e. The Kier molecular flexibility index (Phi) is 3.16. The van der Waals surface area contributed by atoms with E-state index in [2.05, 4.69) is 12.1 Å². The summed E-state index contributed by atoms with van der Waals surface area (Å²) in [5.74, 6) is 0. The van der Waals surface area contributed by atoms with Crippen molar-refractivity contribution in [3.8, 4) is 22.4 Å². The molecule has 1 aromatic heterocycles. The van der Waals surface area contributed by atoms with Gasteiger partial charge >= 0.3 is 0 Å². The van der Waals surface area contributed by atoms with Gasteiger partial charge in [0.05, 0.1) is 11.9 Å². The maximum absolute atomic E-state index is 12.4. The van der Waals surface area contributed by atoms with Crippen LogP contribution in [0.4, 0.5) is 0 Å². The third-order valence-electron chi connectivity index (χ3n) is 4.40. The minimum atomic E-state index is -3.37. The first kappa shape index (κ1) is 14.3. The highest BCUT2D eigenvalue weighted by molar-refractivity contribution is 7.89. The molecule has 0 atom stereocenters. The molecule has 0 aliphatic heterocycles. The summed E-state index contributed by atoms with van der Waals surface area (Å²) < 4.78 is 26.4. The molecule has 1 heterocycles. The lowest BCUT2D eigenvalue weighted by Gasteiger charge is -2.18. The normalized spacial score (nSPS) is 13.4. The lowest BCUT2D eigenvalue weighted by Crippen LogP contribution is -2.17. The predicted molar refractivity (Wildman–Crippen MR) is 93.0 cm³/mol. The van der Waals surface area contributed by atoms with Crippen LogP contribution in [0, 0.1) is 0 Å². The Hall–Kier alpha value is -2.33. The van der Waals surface area contributed by atoms with Gasteiger partial charge in [-0.15, -0.1) is 0 Å². The van der Waals surface area contributed by atoms with Crippen molar-refractivity contribution in [3.05, 3.63) is 71.9 Å². The van der Waals surface area contributed by atoms with E-state index >= 15 is 0 Å². The fourth-order valence-corrected chi connectivity index (χ4v) is 4.55. The number of rotatable bonds is 2. The van der Waals surface area contributed by atoms with Crippen molar-refractivity contribution in [1.29, 1.82) is 0 Å². The molecule has 1 aliphatic carbocycles. The highest BCUT2D eigenvalue weighted by atomic mass is 32.2. The van der Waals surface area contributed by atoms with E-state index in [1.54, 1.807) is 0 Å². The molecule has 3 nitrogen and oxygen atoms in total. The van der Waals surface area contributed by atoms with Crippen LogP contribution >= 0.6 is 0 Å². The molecule has 3 aromatic rings. The summed E-state index contributed by atoms with van der Waals surface area (Å²) in [5.41, 5.74) is 6.03. The second-order valence-corrected chi connectivity index (χ2v) is 7.77. The third kappa shape index (κ3) is 2.30. The third-order valence-corrected chi connectivity index (χ3v) is 5.48. The summed E-state index contributed by atoms with van der Waals surface area (Å²) in [6.07, 6.45) is 2.89. The van der Waals surface area contributed by atoms with E-state index in [0.29, 0.717) is 0 Å². The van der Waals surface area contributed by atoms with E-state index in [4.69, 9.17) is 0 Å². The number of hydrogen-bond acceptors (Lipinski definition) is 2. The fraction of sp³-hybridized carbons (Fsp3) is 0.158. The van der Waals surface area contributed by atoms with Gasteiger partial charge in [-0.25, -0.2) is 12.4 Å². The first-order valence-corrected chi connectivity index (χ1v) is 9.49. The predicted octanol–water partition coefficient (Wildman–Crippen LogP) is 3.73. The lowest BCUT2D eigenvalue weighted by molar-refractivity contribution is 0.591. The number of hydrogen-bond donors (Lipinski definition) is 0. The van der Waals surface area contributed by atoms with E-state index < -0.39 is 10.0 Å². The van der Waals surface area contributed by atoms with Crippen molar-refractivity contribution in [2.24, 2.45) is 0 Å². The second kappa shape index (κ2) is 5.10. The molecule has 23 heavy (non-hydrogen) atoms. The largest absolute Gasteiger partial charge is 0.242 e. The van der Waals surface area contributed by atoms with Gasteiger partial charge in [0.2, 0.25) is 10.0 Å². The molecule has 1 aliphatic rings. The maximum atomic E-state index is 12.4. The lowest BCUT2D eigenvalue weighted by atomic mass is 9.90. The molecule has 2 aromatic carbocycles. The van der Waals surface area contributed by atoms with Crippen molar-refractivity contribution in [3.63, 3.8) is 0 Å². The summed E-state index contributed by atoms with van der Waals surface area (Å²) in [6.45, 7) is 0. The monoisotopic (exact) mass is 323 g/mol. The molecule has 0 fully saturated rings. The first-order valence-electron chi connectivity index (χ1n) is 7.64. The fourth-order valence-electron chi connectivity index (χ4n) is 3.45. The van der Waals surface area contributed by atoms with Crippen LogP contribution < -0.4 is 0 Å². The Morgan fingerprint density at radius 3 is 2.30 bits per heavy atom. The minimum absolute atomic E-state index is 0.742. The summed E-state index contributed by atoms with van der Waals surface area (Å²) in [5, 5.41) is 0. The van der Waals surface area contributed by atoms with Crippen molar-refractivity contribution in [1.82, 2.24) is 3.97 Å². The van der Waals surface area contributed by atoms with Crippen molar-refractivity contribution >= 4 is 10.0 Å². The van der Waals surface area contributed by atoms with Crippen LogP contribution in [-0.2, 0) is 22.9 Å². The molecule has 0 amide bonds. The molecule has 0 N–H and O–H groups in total. The Balaban J connectivity index is 2.05. The van der Waals surface area contributed by atoms with Crippen molar-refractivity contribution in [2.75, 3.05) is 6.26 Å². The van der Waals surface area contributed by atoms with Crippen LogP contribution in [0.25, 0.3) is 22.4 Å². The summed E-state index contributed by atoms with van der Waals surface area (Å²) >= 11 is 0. The second-order valence-electron chi connectivity index (χ2n) is 5.94. The maximum Gasteiger partial charge on any atom is 0.236 e. The van der Waals surface area contributed by atoms with Crippen molar-refractivity contribution < 1.29 is 8.42 Å². The highest BCUT2D eigenvalue weighted by Crippen LogP contribution is 2.39. The first-order chi connectivity index (χ1) is 11.1. The zero-order chi connectivity index (χ0) is 16.0. The van der Waals surface area contributed by atoms with Gasteiger partial charge in [-0.1, -0.05) is 54.6 Å². The number of fused-ring (bicyclic) bond motifs is 3. The molecule has 4 rings (SSSR count). The zero-order valence-electron chi connectivity index (χ0n) is 12.9. The van der Waals surface area contributed by atoms with Gasteiger partial charge in [0.15, 0.2) is 0 Å². The molecule has 0 radical (unpaired) electrons. The molecule has 116 valence electrons. The van der Waals surface area contributed by atoms with Gasteiger partial charge in [-0.05, 0) is 35.6 Å². The van der Waals surface area contributed by atoms with E-state index in [-0.39, 0.29) is 0 Å². The van der Waals surface area contributed by atoms with E-state index in [0.717, 1.165) is 40.9 Å². The standard InChI is InChI=1S/C19H17NO2S/c1-23(21,22)20-18-12-11-14-7-5-6-10-16(14)17(18)13-19(20)15-8-3-2-4-9-15/h2-10,13H,11-12H2,1H3. The van der Waals surface area contributed by atoms with Crippen LogP contribution in [0.3, 0.4) is 0 Å². The molecular weight excluding hydrogens is 306 g/mol. The molecule has 0 unspecified atom stereocenters. The minimum Gasteiger partial charge on any atom is -0.242 e. The van der Waals surface area contributed by atoms with E-state index in [1.807, 2.05) is 48.5 Å². The van der Waals surface area contributed by atoms with Crippen LogP contribution in [0.15, 0.2) is 60.7 Å². The van der Waals surface area contributed by atoms with Crippen LogP contribution in [-0.4, -0.2) is 18.6 Å². The summed E-state index contributed by atoms with van der Waals surface area (Å²) in [7, 11) is -3.37. The highest BCUT2D eigenvalue weighted by Gasteiger charge is 2.26. The quantitative estimate of drug-likeness (QED) is 0.721. The van der Waals surface area contributed by atoms with E-state index in [1.165, 1.54) is 15.8 Å². The van der Waals surface area contributed by atoms with Crippen LogP contribution in [0.1, 0.15) is 11.3 Å². The van der Waals surface area contributed by atoms with Gasteiger partial charge in [0.1, 0.15) is 0 Å². The Bertz CT molecular complexity index is 985. The Morgan fingerprint density at radius 2 is 1.57 bits per heavy atom. The summed E-state index contributed by atoms with van der Waals surface area (Å²) in [4.78, 5) is 0. The molecule has 4 heteroatoms. The average Bonchev–Trinajstić information content (AvgIpc) is 2.96. The van der Waals surface area contributed by atoms with Crippen molar-refractivity contribution in [2.45, 2.75) is 12.8 Å². The number of benzene rings is 2. The summed E-state index contributed by atoms with van der Waals surface area (Å²) in [6, 6.07) is 20.0. The molecule has 0 saturated carbocycles. The average molecular weight is 323 g/mol.